The standard InChI is InChI=1S/C20H22F8O/c21-16-11-15(12-17(22)18(16)29-20(26,27)28)14-8-6-13(7-9-14)5-3-1-2-4-10-19(23,24)25/h1-2,11-14H,3-10H2/b2-1+. The summed E-state index contributed by atoms with van der Waals surface area (Å²) >= 11 is 0. The van der Waals surface area contributed by atoms with Crippen LogP contribution in [0.3, 0.4) is 0 Å². The summed E-state index contributed by atoms with van der Waals surface area (Å²) in [6.45, 7) is 0. The summed E-state index contributed by atoms with van der Waals surface area (Å²) in [6, 6.07) is 1.77. The van der Waals surface area contributed by atoms with Crippen molar-refractivity contribution in [3.05, 3.63) is 41.5 Å². The first kappa shape index (κ1) is 23.5. The molecule has 0 spiro atoms. The van der Waals surface area contributed by atoms with Crippen LogP contribution in [0.5, 0.6) is 5.75 Å². The Morgan fingerprint density at radius 2 is 1.41 bits per heavy atom. The van der Waals surface area contributed by atoms with Crippen LogP contribution in [0.1, 0.15) is 62.8 Å². The molecular formula is C20H22F8O. The smallest absolute Gasteiger partial charge is 0.399 e. The molecule has 0 radical (unpaired) electrons. The summed E-state index contributed by atoms with van der Waals surface area (Å²) in [5.74, 6) is -4.02. The van der Waals surface area contributed by atoms with E-state index in [1.807, 2.05) is 0 Å². The minimum absolute atomic E-state index is 0.0403. The average molecular weight is 430 g/mol. The van der Waals surface area contributed by atoms with Crippen molar-refractivity contribution in [2.75, 3.05) is 0 Å². The molecule has 0 amide bonds. The van der Waals surface area contributed by atoms with E-state index >= 15 is 0 Å². The summed E-state index contributed by atoms with van der Waals surface area (Å²) in [7, 11) is 0. The predicted molar refractivity (Wildman–Crippen MR) is 91.4 cm³/mol. The van der Waals surface area contributed by atoms with Gasteiger partial charge < -0.3 is 4.74 Å². The van der Waals surface area contributed by atoms with Gasteiger partial charge in [0.25, 0.3) is 0 Å². The monoisotopic (exact) mass is 430 g/mol. The van der Waals surface area contributed by atoms with Crippen LogP contribution in [0.4, 0.5) is 35.1 Å². The molecule has 0 bridgehead atoms. The van der Waals surface area contributed by atoms with Crippen molar-refractivity contribution in [2.45, 2.75) is 69.8 Å². The van der Waals surface area contributed by atoms with Crippen molar-refractivity contribution in [3.63, 3.8) is 0 Å². The second-order valence-corrected chi connectivity index (χ2v) is 7.28. The number of hydrogen-bond acceptors (Lipinski definition) is 1. The second kappa shape index (κ2) is 9.80. The molecule has 0 atom stereocenters. The zero-order valence-corrected chi connectivity index (χ0v) is 15.6. The first-order chi connectivity index (χ1) is 13.4. The van der Waals surface area contributed by atoms with Crippen molar-refractivity contribution in [2.24, 2.45) is 5.92 Å². The molecule has 1 aliphatic rings. The van der Waals surface area contributed by atoms with E-state index in [0.717, 1.165) is 31.4 Å². The highest BCUT2D eigenvalue weighted by molar-refractivity contribution is 5.33. The summed E-state index contributed by atoms with van der Waals surface area (Å²) in [5, 5.41) is 0. The van der Waals surface area contributed by atoms with Crippen LogP contribution in [0, 0.1) is 17.6 Å². The molecule has 1 aromatic carbocycles. The van der Waals surface area contributed by atoms with Crippen LogP contribution in [0.15, 0.2) is 24.3 Å². The van der Waals surface area contributed by atoms with Gasteiger partial charge in [-0.05, 0) is 74.5 Å². The van der Waals surface area contributed by atoms with Crippen LogP contribution in [0.25, 0.3) is 0 Å². The average Bonchev–Trinajstić information content (AvgIpc) is 2.60. The van der Waals surface area contributed by atoms with E-state index in [-0.39, 0.29) is 12.3 Å². The summed E-state index contributed by atoms with van der Waals surface area (Å²) in [6.07, 6.45) is -2.62. The maximum Gasteiger partial charge on any atom is 0.573 e. The lowest BCUT2D eigenvalue weighted by atomic mass is 9.77. The van der Waals surface area contributed by atoms with Crippen molar-refractivity contribution in [1.82, 2.24) is 0 Å². The van der Waals surface area contributed by atoms with Crippen LogP contribution < -0.4 is 4.74 Å². The zero-order valence-electron chi connectivity index (χ0n) is 15.6. The Labute approximate surface area is 163 Å². The molecule has 0 heterocycles. The Hall–Kier alpha value is -1.80. The van der Waals surface area contributed by atoms with Gasteiger partial charge in [0.1, 0.15) is 0 Å². The first-order valence-electron chi connectivity index (χ1n) is 9.41. The van der Waals surface area contributed by atoms with Crippen molar-refractivity contribution < 1.29 is 39.9 Å². The van der Waals surface area contributed by atoms with E-state index in [9.17, 15) is 35.1 Å². The van der Waals surface area contributed by atoms with Gasteiger partial charge in [-0.25, -0.2) is 8.78 Å². The predicted octanol–water partition coefficient (Wildman–Crippen LogP) is 7.82. The van der Waals surface area contributed by atoms with Gasteiger partial charge in [-0.1, -0.05) is 12.2 Å². The molecule has 0 aliphatic heterocycles. The third kappa shape index (κ3) is 8.22. The molecule has 0 N–H and O–H groups in total. The number of ether oxygens (including phenoxy) is 1. The van der Waals surface area contributed by atoms with E-state index in [1.165, 1.54) is 6.08 Å². The maximum absolute atomic E-state index is 13.9. The molecule has 0 aromatic heterocycles. The van der Waals surface area contributed by atoms with Gasteiger partial charge in [-0.3, -0.25) is 0 Å². The zero-order chi connectivity index (χ0) is 21.7. The van der Waals surface area contributed by atoms with Gasteiger partial charge in [0.15, 0.2) is 11.6 Å². The molecule has 9 heteroatoms. The highest BCUT2D eigenvalue weighted by atomic mass is 19.4. The van der Waals surface area contributed by atoms with Gasteiger partial charge in [0, 0.05) is 6.42 Å². The SMILES string of the molecule is Fc1cc(C2CCC(CC/C=C/CCC(F)(F)F)CC2)cc(F)c1OC(F)(F)F. The van der Waals surface area contributed by atoms with E-state index in [0.29, 0.717) is 30.7 Å². The first-order valence-corrected chi connectivity index (χ1v) is 9.41. The highest BCUT2D eigenvalue weighted by Crippen LogP contribution is 2.40. The Balaban J connectivity index is 1.81. The fourth-order valence-electron chi connectivity index (χ4n) is 3.63. The minimum atomic E-state index is -5.18. The van der Waals surface area contributed by atoms with Gasteiger partial charge in [-0.2, -0.15) is 13.2 Å². The lowest BCUT2D eigenvalue weighted by Gasteiger charge is -2.29. The molecule has 1 nitrogen and oxygen atoms in total. The number of allylic oxidation sites excluding steroid dienone is 2. The Kier molecular flexibility index (Phi) is 7.94. The highest BCUT2D eigenvalue weighted by Gasteiger charge is 2.34. The normalized spacial score (nSPS) is 21.0. The van der Waals surface area contributed by atoms with Crippen molar-refractivity contribution >= 4 is 0 Å². The number of halogens is 8. The van der Waals surface area contributed by atoms with Crippen molar-refractivity contribution in [1.29, 1.82) is 0 Å². The Morgan fingerprint density at radius 1 is 0.862 bits per heavy atom. The summed E-state index contributed by atoms with van der Waals surface area (Å²) < 4.78 is 104. The molecule has 2 rings (SSSR count). The molecule has 164 valence electrons. The van der Waals surface area contributed by atoms with E-state index in [2.05, 4.69) is 4.74 Å². The van der Waals surface area contributed by atoms with E-state index in [4.69, 9.17) is 0 Å². The molecule has 1 aromatic rings. The molecule has 0 unspecified atom stereocenters. The van der Waals surface area contributed by atoms with Crippen LogP contribution in [0.2, 0.25) is 0 Å². The van der Waals surface area contributed by atoms with Gasteiger partial charge >= 0.3 is 12.5 Å². The van der Waals surface area contributed by atoms with E-state index < -0.39 is 36.3 Å². The van der Waals surface area contributed by atoms with Crippen LogP contribution in [-0.2, 0) is 0 Å². The molecule has 1 saturated carbocycles. The Morgan fingerprint density at radius 3 is 1.93 bits per heavy atom. The maximum atomic E-state index is 13.9. The van der Waals surface area contributed by atoms with Crippen molar-refractivity contribution in [3.8, 4) is 5.75 Å². The number of alkyl halides is 6. The molecule has 29 heavy (non-hydrogen) atoms. The minimum Gasteiger partial charge on any atom is -0.399 e. The van der Waals surface area contributed by atoms with Crippen LogP contribution in [-0.4, -0.2) is 12.5 Å². The summed E-state index contributed by atoms with van der Waals surface area (Å²) in [5.41, 5.74) is 0.306. The Bertz CT molecular complexity index is 662. The lowest BCUT2D eigenvalue weighted by Crippen LogP contribution is -2.19. The fraction of sp³-hybridized carbons (Fsp3) is 0.600. The molecular weight excluding hydrogens is 408 g/mol. The largest absolute Gasteiger partial charge is 0.573 e. The quantitative estimate of drug-likeness (QED) is 0.317. The third-order valence-corrected chi connectivity index (χ3v) is 5.06. The topological polar surface area (TPSA) is 9.23 Å². The van der Waals surface area contributed by atoms with E-state index in [1.54, 1.807) is 6.08 Å². The molecule has 1 fully saturated rings. The van der Waals surface area contributed by atoms with Gasteiger partial charge in [-0.15, -0.1) is 13.2 Å². The molecule has 1 aliphatic carbocycles. The third-order valence-electron chi connectivity index (χ3n) is 5.06. The van der Waals surface area contributed by atoms with Crippen LogP contribution >= 0.6 is 0 Å². The second-order valence-electron chi connectivity index (χ2n) is 7.28. The fourth-order valence-corrected chi connectivity index (χ4v) is 3.63. The van der Waals surface area contributed by atoms with Gasteiger partial charge in [0.05, 0.1) is 0 Å². The van der Waals surface area contributed by atoms with Gasteiger partial charge in [0.2, 0.25) is 5.75 Å². The molecule has 0 saturated heterocycles. The summed E-state index contributed by atoms with van der Waals surface area (Å²) in [4.78, 5) is 0. The number of benzene rings is 1. The lowest BCUT2D eigenvalue weighted by molar-refractivity contribution is -0.276. The number of hydrogen-bond donors (Lipinski definition) is 0. The number of rotatable bonds is 7.